The Hall–Kier alpha value is -1.87. The average Bonchev–Trinajstić information content (AvgIpc) is 2.54. The molecule has 112 valence electrons. The largest absolute Gasteiger partial charge is 0.494 e. The van der Waals surface area contributed by atoms with Gasteiger partial charge in [0, 0.05) is 19.3 Å². The van der Waals surface area contributed by atoms with Crippen LogP contribution in [0.2, 0.25) is 0 Å². The molecule has 2 rings (SSSR count). The number of ether oxygens (including phenoxy) is 1. The van der Waals surface area contributed by atoms with Crippen molar-refractivity contribution in [3.05, 3.63) is 59.4 Å². The van der Waals surface area contributed by atoms with Gasteiger partial charge in [0.2, 0.25) is 0 Å². The van der Waals surface area contributed by atoms with Crippen molar-refractivity contribution in [1.82, 2.24) is 10.3 Å². The van der Waals surface area contributed by atoms with Gasteiger partial charge in [0.1, 0.15) is 5.75 Å². The van der Waals surface area contributed by atoms with Gasteiger partial charge in [-0.25, -0.2) is 0 Å². The molecule has 1 N–H and O–H groups in total. The summed E-state index contributed by atoms with van der Waals surface area (Å²) in [6, 6.07) is 12.4. The number of hydrogen-bond acceptors (Lipinski definition) is 3. The van der Waals surface area contributed by atoms with E-state index in [0.29, 0.717) is 0 Å². The van der Waals surface area contributed by atoms with Gasteiger partial charge in [-0.3, -0.25) is 4.98 Å². The van der Waals surface area contributed by atoms with Crippen molar-refractivity contribution in [2.45, 2.75) is 39.8 Å². The van der Waals surface area contributed by atoms with Crippen LogP contribution in [0.3, 0.4) is 0 Å². The fourth-order valence-corrected chi connectivity index (χ4v) is 2.24. The third kappa shape index (κ3) is 4.87. The van der Waals surface area contributed by atoms with Gasteiger partial charge >= 0.3 is 0 Å². The van der Waals surface area contributed by atoms with Crippen LogP contribution < -0.4 is 10.1 Å². The van der Waals surface area contributed by atoms with E-state index < -0.39 is 0 Å². The summed E-state index contributed by atoms with van der Waals surface area (Å²) in [5, 5.41) is 3.46. The number of aromatic nitrogens is 1. The Balaban J connectivity index is 1.88. The van der Waals surface area contributed by atoms with E-state index in [2.05, 4.69) is 42.3 Å². The van der Waals surface area contributed by atoms with Gasteiger partial charge in [0.25, 0.3) is 0 Å². The van der Waals surface area contributed by atoms with Crippen LogP contribution in [-0.4, -0.2) is 11.6 Å². The molecule has 0 fully saturated rings. The summed E-state index contributed by atoms with van der Waals surface area (Å²) in [6.45, 7) is 6.66. The van der Waals surface area contributed by atoms with Crippen molar-refractivity contribution in [2.75, 3.05) is 6.61 Å². The first-order chi connectivity index (χ1) is 10.3. The molecule has 1 aromatic carbocycles. The van der Waals surface area contributed by atoms with Gasteiger partial charge in [-0.2, -0.15) is 0 Å². The minimum Gasteiger partial charge on any atom is -0.494 e. The van der Waals surface area contributed by atoms with E-state index in [1.54, 1.807) is 0 Å². The molecule has 0 spiro atoms. The highest BCUT2D eigenvalue weighted by Gasteiger charge is 2.02. The van der Waals surface area contributed by atoms with E-state index in [1.807, 2.05) is 24.4 Å². The molecule has 0 amide bonds. The van der Waals surface area contributed by atoms with Crippen LogP contribution in [0, 0.1) is 0 Å². The molecule has 0 bridgehead atoms. The Morgan fingerprint density at radius 3 is 2.81 bits per heavy atom. The zero-order valence-corrected chi connectivity index (χ0v) is 12.9. The van der Waals surface area contributed by atoms with E-state index in [-0.39, 0.29) is 0 Å². The van der Waals surface area contributed by atoms with E-state index in [9.17, 15) is 0 Å². The number of nitrogens with zero attached hydrogens (tertiary/aromatic N) is 1. The van der Waals surface area contributed by atoms with E-state index in [4.69, 9.17) is 4.74 Å². The topological polar surface area (TPSA) is 34.1 Å². The second-order valence-electron chi connectivity index (χ2n) is 5.06. The number of hydrogen-bond donors (Lipinski definition) is 1. The Kier molecular flexibility index (Phi) is 6.22. The Morgan fingerprint density at radius 1 is 1.10 bits per heavy atom. The number of rotatable bonds is 8. The SMILES string of the molecule is CCCOc1cccc(CNCc2ncccc2CC)c1. The van der Waals surface area contributed by atoms with Crippen LogP contribution in [0.4, 0.5) is 0 Å². The molecule has 0 atom stereocenters. The Morgan fingerprint density at radius 2 is 2.00 bits per heavy atom. The molecule has 21 heavy (non-hydrogen) atoms. The molecule has 1 aromatic heterocycles. The second-order valence-corrected chi connectivity index (χ2v) is 5.06. The van der Waals surface area contributed by atoms with E-state index in [0.717, 1.165) is 44.0 Å². The van der Waals surface area contributed by atoms with Crippen LogP contribution in [0.1, 0.15) is 37.1 Å². The lowest BCUT2D eigenvalue weighted by Crippen LogP contribution is -2.15. The molecule has 0 aliphatic rings. The summed E-state index contributed by atoms with van der Waals surface area (Å²) in [4.78, 5) is 4.45. The lowest BCUT2D eigenvalue weighted by Gasteiger charge is -2.10. The summed E-state index contributed by atoms with van der Waals surface area (Å²) in [5.74, 6) is 0.947. The monoisotopic (exact) mass is 284 g/mol. The minimum absolute atomic E-state index is 0.769. The molecule has 1 heterocycles. The van der Waals surface area contributed by atoms with Gasteiger partial charge < -0.3 is 10.1 Å². The van der Waals surface area contributed by atoms with Crippen LogP contribution in [0.5, 0.6) is 5.75 Å². The van der Waals surface area contributed by atoms with Gasteiger partial charge in [-0.1, -0.05) is 32.0 Å². The summed E-state index contributed by atoms with van der Waals surface area (Å²) in [7, 11) is 0. The van der Waals surface area contributed by atoms with Crippen molar-refractivity contribution in [1.29, 1.82) is 0 Å². The highest BCUT2D eigenvalue weighted by Crippen LogP contribution is 2.14. The van der Waals surface area contributed by atoms with Gasteiger partial charge in [-0.15, -0.1) is 0 Å². The molecule has 0 unspecified atom stereocenters. The molecule has 0 radical (unpaired) electrons. The predicted octanol–water partition coefficient (Wildman–Crippen LogP) is 3.72. The molecular weight excluding hydrogens is 260 g/mol. The molecular formula is C18H24N2O. The summed E-state index contributed by atoms with van der Waals surface area (Å²) in [5.41, 5.74) is 3.68. The summed E-state index contributed by atoms with van der Waals surface area (Å²) in [6.07, 6.45) is 3.91. The lowest BCUT2D eigenvalue weighted by molar-refractivity contribution is 0.317. The zero-order chi connectivity index (χ0) is 14.9. The standard InChI is InChI=1S/C18H24N2O/c1-3-11-21-17-9-5-7-15(12-17)13-19-14-18-16(4-2)8-6-10-20-18/h5-10,12,19H,3-4,11,13-14H2,1-2H3. The smallest absolute Gasteiger partial charge is 0.119 e. The molecule has 3 heteroatoms. The number of pyridine rings is 1. The predicted molar refractivity (Wildman–Crippen MR) is 86.4 cm³/mol. The fraction of sp³-hybridized carbons (Fsp3) is 0.389. The van der Waals surface area contributed by atoms with Crippen molar-refractivity contribution < 1.29 is 4.74 Å². The Labute approximate surface area is 127 Å². The van der Waals surface area contributed by atoms with E-state index >= 15 is 0 Å². The number of nitrogens with one attached hydrogen (secondary N) is 1. The van der Waals surface area contributed by atoms with Gasteiger partial charge in [0.15, 0.2) is 0 Å². The highest BCUT2D eigenvalue weighted by atomic mass is 16.5. The first kappa shape index (κ1) is 15.5. The maximum atomic E-state index is 5.66. The molecule has 0 saturated heterocycles. The fourth-order valence-electron chi connectivity index (χ4n) is 2.24. The molecule has 2 aromatic rings. The highest BCUT2D eigenvalue weighted by molar-refractivity contribution is 5.28. The maximum Gasteiger partial charge on any atom is 0.119 e. The third-order valence-electron chi connectivity index (χ3n) is 3.36. The quantitative estimate of drug-likeness (QED) is 0.802. The first-order valence-corrected chi connectivity index (χ1v) is 7.68. The first-order valence-electron chi connectivity index (χ1n) is 7.68. The van der Waals surface area contributed by atoms with Crippen LogP contribution in [0.25, 0.3) is 0 Å². The third-order valence-corrected chi connectivity index (χ3v) is 3.36. The van der Waals surface area contributed by atoms with Crippen molar-refractivity contribution in [3.8, 4) is 5.75 Å². The zero-order valence-electron chi connectivity index (χ0n) is 12.9. The van der Waals surface area contributed by atoms with Gasteiger partial charge in [0.05, 0.1) is 12.3 Å². The molecule has 0 aliphatic heterocycles. The molecule has 3 nitrogen and oxygen atoms in total. The maximum absolute atomic E-state index is 5.66. The molecule has 0 aliphatic carbocycles. The number of benzene rings is 1. The van der Waals surface area contributed by atoms with E-state index in [1.165, 1.54) is 11.1 Å². The van der Waals surface area contributed by atoms with Crippen molar-refractivity contribution in [2.24, 2.45) is 0 Å². The average molecular weight is 284 g/mol. The van der Waals surface area contributed by atoms with Crippen molar-refractivity contribution >= 4 is 0 Å². The van der Waals surface area contributed by atoms with Gasteiger partial charge in [-0.05, 0) is 42.2 Å². The summed E-state index contributed by atoms with van der Waals surface area (Å²) >= 11 is 0. The number of aryl methyl sites for hydroxylation is 1. The Bertz CT molecular complexity index is 554. The minimum atomic E-state index is 0.769. The lowest BCUT2D eigenvalue weighted by atomic mass is 10.1. The second kappa shape index (κ2) is 8.42. The normalized spacial score (nSPS) is 10.6. The van der Waals surface area contributed by atoms with Crippen LogP contribution in [0.15, 0.2) is 42.6 Å². The summed E-state index contributed by atoms with van der Waals surface area (Å²) < 4.78 is 5.66. The molecule has 0 saturated carbocycles. The van der Waals surface area contributed by atoms with Crippen LogP contribution >= 0.6 is 0 Å². The van der Waals surface area contributed by atoms with Crippen LogP contribution in [-0.2, 0) is 19.5 Å². The van der Waals surface area contributed by atoms with Crippen molar-refractivity contribution in [3.63, 3.8) is 0 Å².